The monoisotopic (exact) mass is 509 g/mol. The van der Waals surface area contributed by atoms with Gasteiger partial charge >= 0.3 is 0 Å². The number of nitrogens with zero attached hydrogens (tertiary/aromatic N) is 2. The van der Waals surface area contributed by atoms with Crippen LogP contribution in [0.25, 0.3) is 10.8 Å². The van der Waals surface area contributed by atoms with Crippen molar-refractivity contribution in [3.63, 3.8) is 0 Å². The minimum Gasteiger partial charge on any atom is -0.354 e. The van der Waals surface area contributed by atoms with Gasteiger partial charge in [-0.3, -0.25) is 13.9 Å². The Kier molecular flexibility index (Phi) is 9.47. The topological polar surface area (TPSA) is 86.8 Å². The number of carbonyl (C=O) groups excluding carboxylic acids is 2. The summed E-state index contributed by atoms with van der Waals surface area (Å²) in [6.07, 6.45) is 2.85. The second kappa shape index (κ2) is 12.5. The Balaban J connectivity index is 1.95. The van der Waals surface area contributed by atoms with E-state index in [-0.39, 0.29) is 12.5 Å². The van der Waals surface area contributed by atoms with E-state index in [2.05, 4.69) is 5.32 Å². The number of carbonyl (C=O) groups is 2. The summed E-state index contributed by atoms with van der Waals surface area (Å²) in [4.78, 5) is 28.3. The average molecular weight is 510 g/mol. The Morgan fingerprint density at radius 3 is 2.25 bits per heavy atom. The summed E-state index contributed by atoms with van der Waals surface area (Å²) in [5, 5.41) is 4.51. The number of fused-ring (bicyclic) bond motifs is 1. The van der Waals surface area contributed by atoms with Gasteiger partial charge in [-0.05, 0) is 36.3 Å². The predicted molar refractivity (Wildman–Crippen MR) is 145 cm³/mol. The zero-order chi connectivity index (χ0) is 26.1. The van der Waals surface area contributed by atoms with E-state index in [4.69, 9.17) is 0 Å². The van der Waals surface area contributed by atoms with Crippen LogP contribution in [0, 0.1) is 0 Å². The summed E-state index contributed by atoms with van der Waals surface area (Å²) in [6.45, 7) is 4.25. The standard InChI is InChI=1S/C28H35N3O4S/c1-4-19-29-28(33)25(5-2)30(20-18-22-12-7-6-8-13-22)27(32)21-31(36(3,34)35)26-17-11-15-23-14-9-10-16-24(23)26/h6-17,25H,4-5,18-21H2,1-3H3,(H,29,33)/t25-/m1/s1. The lowest BCUT2D eigenvalue weighted by Gasteiger charge is -2.33. The molecule has 0 aliphatic heterocycles. The van der Waals surface area contributed by atoms with E-state index >= 15 is 0 Å². The Morgan fingerprint density at radius 1 is 0.917 bits per heavy atom. The molecule has 2 amide bonds. The van der Waals surface area contributed by atoms with Gasteiger partial charge in [0.1, 0.15) is 12.6 Å². The second-order valence-electron chi connectivity index (χ2n) is 8.81. The molecular formula is C28H35N3O4S. The lowest BCUT2D eigenvalue weighted by atomic mass is 10.1. The van der Waals surface area contributed by atoms with E-state index in [0.29, 0.717) is 31.6 Å². The average Bonchev–Trinajstić information content (AvgIpc) is 2.87. The van der Waals surface area contributed by atoms with Gasteiger partial charge in [0.05, 0.1) is 11.9 Å². The molecule has 3 aromatic rings. The van der Waals surface area contributed by atoms with E-state index in [9.17, 15) is 18.0 Å². The summed E-state index contributed by atoms with van der Waals surface area (Å²) >= 11 is 0. The quantitative estimate of drug-likeness (QED) is 0.400. The Labute approximate surface area is 214 Å². The molecule has 1 N–H and O–H groups in total. The van der Waals surface area contributed by atoms with Crippen molar-refractivity contribution in [2.75, 3.05) is 30.2 Å². The van der Waals surface area contributed by atoms with Crippen molar-refractivity contribution in [1.82, 2.24) is 10.2 Å². The van der Waals surface area contributed by atoms with Crippen molar-refractivity contribution in [1.29, 1.82) is 0 Å². The Morgan fingerprint density at radius 2 is 1.58 bits per heavy atom. The number of sulfonamides is 1. The number of hydrogen-bond donors (Lipinski definition) is 1. The maximum absolute atomic E-state index is 13.7. The summed E-state index contributed by atoms with van der Waals surface area (Å²) in [6, 6.07) is 21.9. The lowest BCUT2D eigenvalue weighted by Crippen LogP contribution is -2.53. The van der Waals surface area contributed by atoms with Crippen LogP contribution >= 0.6 is 0 Å². The van der Waals surface area contributed by atoms with Gasteiger partial charge in [-0.1, -0.05) is 80.6 Å². The highest BCUT2D eigenvalue weighted by atomic mass is 32.2. The molecule has 8 heteroatoms. The van der Waals surface area contributed by atoms with Crippen LogP contribution in [0.1, 0.15) is 32.3 Å². The molecule has 0 aliphatic rings. The molecule has 0 bridgehead atoms. The fourth-order valence-corrected chi connectivity index (χ4v) is 5.14. The maximum Gasteiger partial charge on any atom is 0.244 e. The molecule has 0 unspecified atom stereocenters. The van der Waals surface area contributed by atoms with Crippen LogP contribution in [0.2, 0.25) is 0 Å². The van der Waals surface area contributed by atoms with E-state index in [0.717, 1.165) is 33.3 Å². The molecule has 36 heavy (non-hydrogen) atoms. The number of nitrogens with one attached hydrogen (secondary N) is 1. The third-order valence-corrected chi connectivity index (χ3v) is 7.26. The van der Waals surface area contributed by atoms with Gasteiger partial charge in [-0.25, -0.2) is 8.42 Å². The lowest BCUT2D eigenvalue weighted by molar-refractivity contribution is -0.139. The molecule has 3 aromatic carbocycles. The van der Waals surface area contributed by atoms with Crippen molar-refractivity contribution in [3.8, 4) is 0 Å². The smallest absolute Gasteiger partial charge is 0.244 e. The van der Waals surface area contributed by atoms with E-state index < -0.39 is 22.0 Å². The minimum atomic E-state index is -3.79. The number of rotatable bonds is 12. The highest BCUT2D eigenvalue weighted by Crippen LogP contribution is 2.28. The van der Waals surface area contributed by atoms with E-state index in [1.165, 1.54) is 4.90 Å². The van der Waals surface area contributed by atoms with Crippen molar-refractivity contribution >= 4 is 38.3 Å². The number of anilines is 1. The zero-order valence-electron chi connectivity index (χ0n) is 21.2. The third kappa shape index (κ3) is 6.85. The first-order valence-electron chi connectivity index (χ1n) is 12.3. The van der Waals surface area contributed by atoms with Crippen LogP contribution in [0.4, 0.5) is 5.69 Å². The van der Waals surface area contributed by atoms with Crippen molar-refractivity contribution < 1.29 is 18.0 Å². The summed E-state index contributed by atoms with van der Waals surface area (Å²) in [5.74, 6) is -0.639. The first kappa shape index (κ1) is 27.2. The van der Waals surface area contributed by atoms with Crippen LogP contribution in [-0.4, -0.2) is 57.1 Å². The molecule has 3 rings (SSSR count). The fraction of sp³-hybridized carbons (Fsp3) is 0.357. The molecule has 0 heterocycles. The molecule has 192 valence electrons. The van der Waals surface area contributed by atoms with Crippen molar-refractivity contribution in [2.45, 2.75) is 39.2 Å². The van der Waals surface area contributed by atoms with Gasteiger partial charge in [-0.15, -0.1) is 0 Å². The zero-order valence-corrected chi connectivity index (χ0v) is 22.0. The second-order valence-corrected chi connectivity index (χ2v) is 10.7. The van der Waals surface area contributed by atoms with Crippen LogP contribution in [-0.2, 0) is 26.0 Å². The third-order valence-electron chi connectivity index (χ3n) is 6.13. The molecule has 1 atom stereocenters. The fourth-order valence-electron chi connectivity index (χ4n) is 4.28. The largest absolute Gasteiger partial charge is 0.354 e. The van der Waals surface area contributed by atoms with Gasteiger partial charge < -0.3 is 10.2 Å². The molecular weight excluding hydrogens is 474 g/mol. The normalized spacial score (nSPS) is 12.2. The SMILES string of the molecule is CCCNC(=O)[C@@H](CC)N(CCc1ccccc1)C(=O)CN(c1cccc2ccccc12)S(C)(=O)=O. The van der Waals surface area contributed by atoms with E-state index in [1.807, 2.05) is 74.5 Å². The molecule has 0 radical (unpaired) electrons. The van der Waals surface area contributed by atoms with Crippen molar-refractivity contribution in [2.24, 2.45) is 0 Å². The highest BCUT2D eigenvalue weighted by Gasteiger charge is 2.31. The molecule has 0 aliphatic carbocycles. The van der Waals surface area contributed by atoms with Gasteiger partial charge in [0.15, 0.2) is 0 Å². The molecule has 7 nitrogen and oxygen atoms in total. The van der Waals surface area contributed by atoms with Crippen LogP contribution in [0.15, 0.2) is 72.8 Å². The van der Waals surface area contributed by atoms with Gasteiger partial charge in [0.2, 0.25) is 21.8 Å². The first-order chi connectivity index (χ1) is 17.3. The first-order valence-corrected chi connectivity index (χ1v) is 14.2. The van der Waals surface area contributed by atoms with Crippen LogP contribution < -0.4 is 9.62 Å². The molecule has 0 saturated carbocycles. The predicted octanol–water partition coefficient (Wildman–Crippen LogP) is 3.98. The van der Waals surface area contributed by atoms with Gasteiger partial charge in [0, 0.05) is 18.5 Å². The maximum atomic E-state index is 13.7. The Bertz CT molecular complexity index is 1270. The summed E-state index contributed by atoms with van der Waals surface area (Å²) in [7, 11) is -3.79. The van der Waals surface area contributed by atoms with Crippen LogP contribution in [0.3, 0.4) is 0 Å². The number of hydrogen-bond acceptors (Lipinski definition) is 4. The molecule has 0 spiro atoms. The number of amides is 2. The minimum absolute atomic E-state index is 0.225. The Hall–Kier alpha value is -3.39. The summed E-state index contributed by atoms with van der Waals surface area (Å²) < 4.78 is 26.9. The van der Waals surface area contributed by atoms with E-state index in [1.54, 1.807) is 12.1 Å². The molecule has 0 saturated heterocycles. The van der Waals surface area contributed by atoms with Gasteiger partial charge in [0.25, 0.3) is 0 Å². The van der Waals surface area contributed by atoms with Crippen molar-refractivity contribution in [3.05, 3.63) is 78.4 Å². The highest BCUT2D eigenvalue weighted by molar-refractivity contribution is 7.92. The van der Waals surface area contributed by atoms with Crippen LogP contribution in [0.5, 0.6) is 0 Å². The number of benzene rings is 3. The molecule has 0 fully saturated rings. The van der Waals surface area contributed by atoms with Gasteiger partial charge in [-0.2, -0.15) is 0 Å². The summed E-state index contributed by atoms with van der Waals surface area (Å²) in [5.41, 5.74) is 1.48. The molecule has 0 aromatic heterocycles.